The Kier molecular flexibility index (Phi) is 6.26. The smallest absolute Gasteiger partial charge is 0.0415 e. The highest BCUT2D eigenvalue weighted by atomic mass is 79.9. The lowest BCUT2D eigenvalue weighted by atomic mass is 9.84. The Morgan fingerprint density at radius 1 is 0.517 bits per heavy atom. The summed E-state index contributed by atoms with van der Waals surface area (Å²) < 4.78 is 1.03. The molecule has 0 N–H and O–H groups in total. The molecule has 3 rings (SSSR count). The first-order valence-corrected chi connectivity index (χ1v) is 11.3. The van der Waals surface area contributed by atoms with Crippen LogP contribution in [0.1, 0.15) is 52.7 Å². The van der Waals surface area contributed by atoms with Gasteiger partial charge in [-0.05, 0) is 86.7 Å². The van der Waals surface area contributed by atoms with E-state index < -0.39 is 0 Å². The Hall–Kier alpha value is -1.28. The molecule has 3 aromatic carbocycles. The van der Waals surface area contributed by atoms with Gasteiger partial charge in [-0.3, -0.25) is 0 Å². The van der Waals surface area contributed by atoms with Gasteiger partial charge in [0, 0.05) is 14.5 Å². The van der Waals surface area contributed by atoms with Crippen LogP contribution >= 0.6 is 39.1 Å². The summed E-state index contributed by atoms with van der Waals surface area (Å²) in [4.78, 5) is 0. The zero-order valence-corrected chi connectivity index (χ0v) is 20.9. The molecule has 0 amide bonds. The molecule has 3 heteroatoms. The molecule has 152 valence electrons. The minimum atomic E-state index is 0.0308. The van der Waals surface area contributed by atoms with Crippen LogP contribution in [-0.2, 0) is 10.8 Å². The van der Waals surface area contributed by atoms with Crippen molar-refractivity contribution in [3.8, 4) is 22.3 Å². The van der Waals surface area contributed by atoms with Gasteiger partial charge in [0.25, 0.3) is 0 Å². The van der Waals surface area contributed by atoms with Crippen LogP contribution in [0.15, 0.2) is 59.1 Å². The zero-order chi connectivity index (χ0) is 21.6. The maximum atomic E-state index is 6.47. The third-order valence-electron chi connectivity index (χ3n) is 5.09. The van der Waals surface area contributed by atoms with Crippen LogP contribution in [0, 0.1) is 0 Å². The summed E-state index contributed by atoms with van der Waals surface area (Å²) >= 11 is 16.6. The topological polar surface area (TPSA) is 0 Å². The molecule has 0 bridgehead atoms. The molecule has 0 aliphatic rings. The minimum absolute atomic E-state index is 0.0308. The van der Waals surface area contributed by atoms with E-state index in [0.717, 1.165) is 36.8 Å². The van der Waals surface area contributed by atoms with Crippen molar-refractivity contribution in [2.45, 2.75) is 52.4 Å². The van der Waals surface area contributed by atoms with Crippen LogP contribution in [0.25, 0.3) is 22.3 Å². The van der Waals surface area contributed by atoms with Gasteiger partial charge in [-0.25, -0.2) is 0 Å². The van der Waals surface area contributed by atoms with Crippen LogP contribution in [0.5, 0.6) is 0 Å². The molecule has 0 spiro atoms. The van der Waals surface area contributed by atoms with Gasteiger partial charge in [0.2, 0.25) is 0 Å². The highest BCUT2D eigenvalue weighted by Crippen LogP contribution is 2.37. The van der Waals surface area contributed by atoms with Crippen molar-refractivity contribution in [1.82, 2.24) is 0 Å². The summed E-state index contributed by atoms with van der Waals surface area (Å²) in [6.45, 7) is 13.2. The van der Waals surface area contributed by atoms with Crippen LogP contribution in [0.4, 0.5) is 0 Å². The van der Waals surface area contributed by atoms with Gasteiger partial charge in [0.15, 0.2) is 0 Å². The summed E-state index contributed by atoms with van der Waals surface area (Å²) in [5, 5.41) is 1.51. The third-order valence-corrected chi connectivity index (χ3v) is 5.99. The van der Waals surface area contributed by atoms with E-state index in [9.17, 15) is 0 Å². The number of hydrogen-bond acceptors (Lipinski definition) is 0. The lowest BCUT2D eigenvalue weighted by Gasteiger charge is -2.21. The van der Waals surface area contributed by atoms with Gasteiger partial charge >= 0.3 is 0 Å². The van der Waals surface area contributed by atoms with Crippen molar-refractivity contribution in [2.75, 3.05) is 0 Å². The van der Waals surface area contributed by atoms with Crippen LogP contribution < -0.4 is 0 Å². The molecule has 0 atom stereocenters. The Morgan fingerprint density at radius 3 is 1.21 bits per heavy atom. The molecule has 0 aliphatic heterocycles. The van der Waals surface area contributed by atoms with E-state index in [1.54, 1.807) is 0 Å². The zero-order valence-electron chi connectivity index (χ0n) is 17.8. The molecule has 3 aromatic rings. The predicted octanol–water partition coefficient (Wildman–Crippen LogP) is 9.68. The lowest BCUT2D eigenvalue weighted by Crippen LogP contribution is -2.11. The Balaban J connectivity index is 2.16. The summed E-state index contributed by atoms with van der Waals surface area (Å²) in [5.74, 6) is 0. The van der Waals surface area contributed by atoms with Crippen LogP contribution in [0.3, 0.4) is 0 Å². The van der Waals surface area contributed by atoms with Crippen molar-refractivity contribution in [3.63, 3.8) is 0 Å². The molecule has 0 saturated heterocycles. The van der Waals surface area contributed by atoms with E-state index in [1.807, 2.05) is 12.1 Å². The first kappa shape index (κ1) is 22.4. The van der Waals surface area contributed by atoms with Gasteiger partial charge in [-0.1, -0.05) is 92.8 Å². The molecule has 0 saturated carbocycles. The van der Waals surface area contributed by atoms with Gasteiger partial charge in [-0.15, -0.1) is 0 Å². The molecular weight excluding hydrogens is 463 g/mol. The second-order valence-electron chi connectivity index (χ2n) is 9.69. The van der Waals surface area contributed by atoms with E-state index in [0.29, 0.717) is 0 Å². The normalized spacial score (nSPS) is 12.3. The van der Waals surface area contributed by atoms with E-state index >= 15 is 0 Å². The maximum Gasteiger partial charge on any atom is 0.0415 e. The summed E-state index contributed by atoms with van der Waals surface area (Å²) in [7, 11) is 0. The molecule has 0 unspecified atom stereocenters. The van der Waals surface area contributed by atoms with E-state index in [4.69, 9.17) is 23.2 Å². The monoisotopic (exact) mass is 488 g/mol. The molecule has 29 heavy (non-hydrogen) atoms. The third kappa shape index (κ3) is 5.45. The average Bonchev–Trinajstić information content (AvgIpc) is 2.58. The fraction of sp³-hybridized carbons (Fsp3) is 0.308. The number of rotatable bonds is 2. The Bertz CT molecular complexity index is 972. The first-order chi connectivity index (χ1) is 13.3. The SMILES string of the molecule is CC(C)(C)c1cc(Cl)cc(-c2cc(Br)cc(-c3cc(Cl)cc(C(C)(C)C)c3)c2)c1. The Labute approximate surface area is 193 Å². The summed E-state index contributed by atoms with van der Waals surface area (Å²) in [6.07, 6.45) is 0. The highest BCUT2D eigenvalue weighted by molar-refractivity contribution is 9.10. The minimum Gasteiger partial charge on any atom is -0.0843 e. The highest BCUT2D eigenvalue weighted by Gasteiger charge is 2.18. The van der Waals surface area contributed by atoms with Gasteiger partial charge in [0.05, 0.1) is 0 Å². The molecule has 0 aliphatic carbocycles. The molecular formula is C26H27BrCl2. The van der Waals surface area contributed by atoms with Crippen LogP contribution in [0.2, 0.25) is 10.0 Å². The molecule has 0 fully saturated rings. The Morgan fingerprint density at radius 2 is 0.862 bits per heavy atom. The number of benzene rings is 3. The molecule has 0 radical (unpaired) electrons. The van der Waals surface area contributed by atoms with E-state index in [2.05, 4.69) is 99.9 Å². The second-order valence-corrected chi connectivity index (χ2v) is 11.5. The molecule has 0 aromatic heterocycles. The summed E-state index contributed by atoms with van der Waals surface area (Å²) in [5.41, 5.74) is 6.98. The lowest BCUT2D eigenvalue weighted by molar-refractivity contribution is 0.590. The number of hydrogen-bond donors (Lipinski definition) is 0. The van der Waals surface area contributed by atoms with Crippen molar-refractivity contribution >= 4 is 39.1 Å². The van der Waals surface area contributed by atoms with E-state index in [1.165, 1.54) is 11.1 Å². The maximum absolute atomic E-state index is 6.47. The van der Waals surface area contributed by atoms with Crippen LogP contribution in [-0.4, -0.2) is 0 Å². The van der Waals surface area contributed by atoms with Gasteiger partial charge < -0.3 is 0 Å². The standard InChI is InChI=1S/C26H27BrCl2/c1-25(2,3)20-8-18(12-23(28)14-20)16-7-17(11-22(27)10-16)19-9-21(26(4,5)6)15-24(29)13-19/h7-15H,1-6H3. The largest absolute Gasteiger partial charge is 0.0843 e. The average molecular weight is 490 g/mol. The van der Waals surface area contributed by atoms with Gasteiger partial charge in [0.1, 0.15) is 0 Å². The molecule has 0 heterocycles. The number of halogens is 3. The first-order valence-electron chi connectivity index (χ1n) is 9.76. The fourth-order valence-electron chi connectivity index (χ4n) is 3.30. The van der Waals surface area contributed by atoms with E-state index in [-0.39, 0.29) is 10.8 Å². The van der Waals surface area contributed by atoms with Crippen molar-refractivity contribution in [1.29, 1.82) is 0 Å². The second kappa shape index (κ2) is 8.10. The fourth-order valence-corrected chi connectivity index (χ4v) is 4.27. The van der Waals surface area contributed by atoms with Gasteiger partial charge in [-0.2, -0.15) is 0 Å². The van der Waals surface area contributed by atoms with Crippen molar-refractivity contribution in [2.24, 2.45) is 0 Å². The molecule has 0 nitrogen and oxygen atoms in total. The predicted molar refractivity (Wildman–Crippen MR) is 132 cm³/mol. The van der Waals surface area contributed by atoms with Crippen molar-refractivity contribution in [3.05, 3.63) is 80.2 Å². The summed E-state index contributed by atoms with van der Waals surface area (Å²) in [6, 6.07) is 19.1. The van der Waals surface area contributed by atoms with Crippen molar-refractivity contribution < 1.29 is 0 Å². The quantitative estimate of drug-likeness (QED) is 0.336.